The van der Waals surface area contributed by atoms with Crippen LogP contribution in [0.3, 0.4) is 0 Å². The lowest BCUT2D eigenvalue weighted by atomic mass is 10.1. The summed E-state index contributed by atoms with van der Waals surface area (Å²) >= 11 is 0. The average Bonchev–Trinajstić information content (AvgIpc) is 3.05. The fraction of sp³-hybridized carbons (Fsp3) is 0.714. The van der Waals surface area contributed by atoms with E-state index in [1.807, 2.05) is 0 Å². The Morgan fingerprint density at radius 1 is 1.29 bits per heavy atom. The molecule has 0 amide bonds. The van der Waals surface area contributed by atoms with Crippen molar-refractivity contribution in [2.45, 2.75) is 52.9 Å². The SMILES string of the molecule is CCCNc1nc(C2CC2C)nc(CC)c1C. The number of nitrogens with one attached hydrogen (secondary N) is 1. The van der Waals surface area contributed by atoms with Crippen LogP contribution in [0.1, 0.15) is 56.6 Å². The molecule has 0 saturated heterocycles. The van der Waals surface area contributed by atoms with E-state index in [-0.39, 0.29) is 0 Å². The van der Waals surface area contributed by atoms with Crippen LogP contribution in [-0.2, 0) is 6.42 Å². The fourth-order valence-electron chi connectivity index (χ4n) is 2.19. The minimum Gasteiger partial charge on any atom is -0.370 e. The van der Waals surface area contributed by atoms with E-state index in [4.69, 9.17) is 9.97 Å². The van der Waals surface area contributed by atoms with Gasteiger partial charge in [-0.25, -0.2) is 9.97 Å². The molecule has 3 nitrogen and oxygen atoms in total. The summed E-state index contributed by atoms with van der Waals surface area (Å²) in [4.78, 5) is 9.43. The third kappa shape index (κ3) is 2.59. The second-order valence-corrected chi connectivity index (χ2v) is 5.10. The van der Waals surface area contributed by atoms with Gasteiger partial charge in [-0.05, 0) is 32.1 Å². The molecule has 1 aliphatic rings. The summed E-state index contributed by atoms with van der Waals surface area (Å²) in [6, 6.07) is 0. The molecule has 1 fully saturated rings. The van der Waals surface area contributed by atoms with Gasteiger partial charge >= 0.3 is 0 Å². The summed E-state index contributed by atoms with van der Waals surface area (Å²) in [5.74, 6) is 3.47. The van der Waals surface area contributed by atoms with Gasteiger partial charge in [-0.15, -0.1) is 0 Å². The number of aryl methyl sites for hydroxylation is 1. The molecule has 1 heterocycles. The summed E-state index contributed by atoms with van der Waals surface area (Å²) in [6.07, 6.45) is 3.36. The van der Waals surface area contributed by atoms with Crippen LogP contribution in [0.5, 0.6) is 0 Å². The van der Waals surface area contributed by atoms with Gasteiger partial charge in [-0.2, -0.15) is 0 Å². The smallest absolute Gasteiger partial charge is 0.134 e. The van der Waals surface area contributed by atoms with Crippen LogP contribution in [0.4, 0.5) is 5.82 Å². The van der Waals surface area contributed by atoms with Crippen LogP contribution in [0.15, 0.2) is 0 Å². The van der Waals surface area contributed by atoms with Crippen molar-refractivity contribution in [3.63, 3.8) is 0 Å². The molecular formula is C14H23N3. The first-order chi connectivity index (χ1) is 8.17. The first-order valence-corrected chi connectivity index (χ1v) is 6.78. The van der Waals surface area contributed by atoms with E-state index >= 15 is 0 Å². The van der Waals surface area contributed by atoms with Gasteiger partial charge in [-0.1, -0.05) is 20.8 Å². The molecule has 0 spiro atoms. The highest BCUT2D eigenvalue weighted by atomic mass is 15.0. The molecule has 2 unspecified atom stereocenters. The van der Waals surface area contributed by atoms with Crippen molar-refractivity contribution >= 4 is 5.82 Å². The standard InChI is InChI=1S/C14H23N3/c1-5-7-15-13-10(4)12(6-2)16-14(17-13)11-8-9(11)3/h9,11H,5-8H2,1-4H3,(H,15,16,17). The van der Waals surface area contributed by atoms with Crippen LogP contribution < -0.4 is 5.32 Å². The van der Waals surface area contributed by atoms with Crippen molar-refractivity contribution in [1.82, 2.24) is 9.97 Å². The number of anilines is 1. The van der Waals surface area contributed by atoms with Crippen molar-refractivity contribution < 1.29 is 0 Å². The van der Waals surface area contributed by atoms with Crippen LogP contribution in [0.25, 0.3) is 0 Å². The molecule has 3 heteroatoms. The Morgan fingerprint density at radius 2 is 2.00 bits per heavy atom. The summed E-state index contributed by atoms with van der Waals surface area (Å²) in [5.41, 5.74) is 2.42. The number of hydrogen-bond acceptors (Lipinski definition) is 3. The molecule has 1 saturated carbocycles. The van der Waals surface area contributed by atoms with Crippen molar-refractivity contribution in [3.8, 4) is 0 Å². The molecule has 1 aromatic rings. The minimum absolute atomic E-state index is 0.600. The van der Waals surface area contributed by atoms with Gasteiger partial charge in [-0.3, -0.25) is 0 Å². The van der Waals surface area contributed by atoms with Gasteiger partial charge in [0, 0.05) is 23.7 Å². The monoisotopic (exact) mass is 233 g/mol. The molecule has 17 heavy (non-hydrogen) atoms. The Labute approximate surface area is 104 Å². The van der Waals surface area contributed by atoms with Crippen LogP contribution in [-0.4, -0.2) is 16.5 Å². The van der Waals surface area contributed by atoms with E-state index in [2.05, 4.69) is 33.0 Å². The third-order valence-corrected chi connectivity index (χ3v) is 3.58. The topological polar surface area (TPSA) is 37.8 Å². The maximum absolute atomic E-state index is 4.72. The van der Waals surface area contributed by atoms with Crippen LogP contribution in [0.2, 0.25) is 0 Å². The lowest BCUT2D eigenvalue weighted by Crippen LogP contribution is -2.10. The van der Waals surface area contributed by atoms with Gasteiger partial charge < -0.3 is 5.32 Å². The van der Waals surface area contributed by atoms with Gasteiger partial charge in [0.05, 0.1) is 0 Å². The zero-order valence-electron chi connectivity index (χ0n) is 11.4. The molecule has 1 aromatic heterocycles. The van der Waals surface area contributed by atoms with Crippen molar-refractivity contribution in [3.05, 3.63) is 17.1 Å². The normalized spacial score (nSPS) is 22.6. The predicted molar refractivity (Wildman–Crippen MR) is 71.4 cm³/mol. The van der Waals surface area contributed by atoms with E-state index < -0.39 is 0 Å². The third-order valence-electron chi connectivity index (χ3n) is 3.58. The Bertz CT molecular complexity index is 401. The number of aromatic nitrogens is 2. The fourth-order valence-corrected chi connectivity index (χ4v) is 2.19. The molecule has 0 bridgehead atoms. The summed E-state index contributed by atoms with van der Waals surface area (Å²) in [5, 5.41) is 3.42. The highest BCUT2D eigenvalue weighted by Crippen LogP contribution is 2.45. The Balaban J connectivity index is 2.28. The number of hydrogen-bond donors (Lipinski definition) is 1. The zero-order chi connectivity index (χ0) is 12.4. The number of nitrogens with zero attached hydrogens (tertiary/aromatic N) is 2. The Kier molecular flexibility index (Phi) is 3.65. The molecule has 0 aromatic carbocycles. The van der Waals surface area contributed by atoms with Gasteiger partial charge in [0.1, 0.15) is 11.6 Å². The summed E-state index contributed by atoms with van der Waals surface area (Å²) in [7, 11) is 0. The van der Waals surface area contributed by atoms with E-state index in [1.54, 1.807) is 0 Å². The van der Waals surface area contributed by atoms with Crippen LogP contribution >= 0.6 is 0 Å². The summed E-state index contributed by atoms with van der Waals surface area (Å²) < 4.78 is 0. The summed E-state index contributed by atoms with van der Waals surface area (Å²) in [6.45, 7) is 9.73. The molecule has 2 rings (SSSR count). The molecule has 0 radical (unpaired) electrons. The van der Waals surface area contributed by atoms with Crippen LogP contribution in [0, 0.1) is 12.8 Å². The molecular weight excluding hydrogens is 210 g/mol. The number of rotatable bonds is 5. The second-order valence-electron chi connectivity index (χ2n) is 5.10. The minimum atomic E-state index is 0.600. The van der Waals surface area contributed by atoms with Gasteiger partial charge in [0.15, 0.2) is 0 Å². The predicted octanol–water partition coefficient (Wildman–Crippen LogP) is 3.29. The van der Waals surface area contributed by atoms with E-state index in [0.29, 0.717) is 5.92 Å². The highest BCUT2D eigenvalue weighted by Gasteiger charge is 2.37. The Hall–Kier alpha value is -1.12. The lowest BCUT2D eigenvalue weighted by Gasteiger charge is -2.12. The molecule has 0 aliphatic heterocycles. The van der Waals surface area contributed by atoms with Crippen molar-refractivity contribution in [2.75, 3.05) is 11.9 Å². The van der Waals surface area contributed by atoms with Crippen molar-refractivity contribution in [1.29, 1.82) is 0 Å². The largest absolute Gasteiger partial charge is 0.370 e. The van der Waals surface area contributed by atoms with E-state index in [9.17, 15) is 0 Å². The highest BCUT2D eigenvalue weighted by molar-refractivity contribution is 5.46. The molecule has 2 atom stereocenters. The van der Waals surface area contributed by atoms with Gasteiger partial charge in [0.25, 0.3) is 0 Å². The van der Waals surface area contributed by atoms with E-state index in [1.165, 1.54) is 17.7 Å². The molecule has 1 N–H and O–H groups in total. The zero-order valence-corrected chi connectivity index (χ0v) is 11.4. The second kappa shape index (κ2) is 5.03. The van der Waals surface area contributed by atoms with Gasteiger partial charge in [0.2, 0.25) is 0 Å². The maximum Gasteiger partial charge on any atom is 0.134 e. The molecule has 1 aliphatic carbocycles. The maximum atomic E-state index is 4.72. The first-order valence-electron chi connectivity index (χ1n) is 6.78. The van der Waals surface area contributed by atoms with Crippen molar-refractivity contribution in [2.24, 2.45) is 5.92 Å². The van der Waals surface area contributed by atoms with E-state index in [0.717, 1.165) is 36.9 Å². The lowest BCUT2D eigenvalue weighted by molar-refractivity contribution is 0.811. The first kappa shape index (κ1) is 12.3. The average molecular weight is 233 g/mol. The quantitative estimate of drug-likeness (QED) is 0.848. The Morgan fingerprint density at radius 3 is 2.53 bits per heavy atom. The molecule has 94 valence electrons.